The van der Waals surface area contributed by atoms with Gasteiger partial charge >= 0.3 is 0 Å². The average molecular weight is 436 g/mol. The first-order valence-corrected chi connectivity index (χ1v) is 12.0. The Morgan fingerprint density at radius 2 is 1.69 bits per heavy atom. The molecule has 3 heterocycles. The highest BCUT2D eigenvalue weighted by Gasteiger charge is 2.26. The number of aryl methyl sites for hydroxylation is 2. The molecule has 2 aromatic rings. The highest BCUT2D eigenvalue weighted by atomic mass is 16.5. The normalized spacial score (nSPS) is 19.5. The van der Waals surface area contributed by atoms with Gasteiger partial charge in [-0.1, -0.05) is 0 Å². The van der Waals surface area contributed by atoms with Crippen LogP contribution in [0.4, 0.5) is 11.5 Å². The Kier molecular flexibility index (Phi) is 6.26. The average Bonchev–Trinajstić information content (AvgIpc) is 2.84. The van der Waals surface area contributed by atoms with Crippen LogP contribution in [0.3, 0.4) is 0 Å². The number of morpholine rings is 1. The maximum absolute atomic E-state index is 12.8. The third-order valence-electron chi connectivity index (χ3n) is 6.91. The molecule has 2 aliphatic heterocycles. The number of carbonyl (C=O) groups is 1. The maximum atomic E-state index is 12.8. The van der Waals surface area contributed by atoms with E-state index in [0.29, 0.717) is 0 Å². The zero-order valence-corrected chi connectivity index (χ0v) is 19.0. The Labute approximate surface area is 190 Å². The number of piperidine rings is 1. The number of aromatic nitrogens is 2. The van der Waals surface area contributed by atoms with Gasteiger partial charge in [0, 0.05) is 54.7 Å². The fraction of sp³-hybridized carbons (Fsp3) is 0.560. The number of anilines is 2. The van der Waals surface area contributed by atoms with Crippen molar-refractivity contribution in [2.24, 2.45) is 0 Å². The van der Waals surface area contributed by atoms with Crippen molar-refractivity contribution < 1.29 is 9.53 Å². The molecular weight excluding hydrogens is 402 g/mol. The van der Waals surface area contributed by atoms with Crippen molar-refractivity contribution in [3.05, 3.63) is 46.9 Å². The summed E-state index contributed by atoms with van der Waals surface area (Å²) in [6.07, 6.45) is 6.49. The predicted octanol–water partition coefficient (Wildman–Crippen LogP) is 2.90. The fourth-order valence-corrected chi connectivity index (χ4v) is 5.11. The molecule has 1 aromatic heterocycles. The summed E-state index contributed by atoms with van der Waals surface area (Å²) in [6, 6.07) is 8.17. The minimum Gasteiger partial charge on any atom is -0.378 e. The zero-order chi connectivity index (χ0) is 21.9. The second-order valence-electron chi connectivity index (χ2n) is 9.11. The van der Waals surface area contributed by atoms with Crippen molar-refractivity contribution in [1.29, 1.82) is 0 Å². The van der Waals surface area contributed by atoms with Crippen LogP contribution in [0.25, 0.3) is 0 Å². The van der Waals surface area contributed by atoms with Gasteiger partial charge in [-0.15, -0.1) is 0 Å². The Hall–Kier alpha value is -2.67. The lowest BCUT2D eigenvalue weighted by molar-refractivity contribution is 0.0931. The quantitative estimate of drug-likeness (QED) is 0.796. The van der Waals surface area contributed by atoms with Crippen LogP contribution in [-0.4, -0.2) is 61.3 Å². The van der Waals surface area contributed by atoms with Crippen molar-refractivity contribution >= 4 is 17.4 Å². The Morgan fingerprint density at radius 1 is 0.969 bits per heavy atom. The van der Waals surface area contributed by atoms with Gasteiger partial charge in [-0.3, -0.25) is 4.79 Å². The van der Waals surface area contributed by atoms with Crippen molar-refractivity contribution in [3.63, 3.8) is 0 Å². The van der Waals surface area contributed by atoms with E-state index in [1.54, 1.807) is 0 Å². The van der Waals surface area contributed by atoms with E-state index in [2.05, 4.69) is 20.1 Å². The monoisotopic (exact) mass is 435 g/mol. The fourth-order valence-electron chi connectivity index (χ4n) is 5.11. The van der Waals surface area contributed by atoms with Gasteiger partial charge in [-0.05, 0) is 69.7 Å². The third-order valence-corrected chi connectivity index (χ3v) is 6.91. The molecule has 0 spiro atoms. The van der Waals surface area contributed by atoms with Gasteiger partial charge in [-0.2, -0.15) is 0 Å². The van der Waals surface area contributed by atoms with E-state index < -0.39 is 0 Å². The Bertz CT molecular complexity index is 948. The lowest BCUT2D eigenvalue weighted by atomic mass is 9.95. The van der Waals surface area contributed by atoms with Crippen LogP contribution in [0.15, 0.2) is 24.3 Å². The van der Waals surface area contributed by atoms with Crippen molar-refractivity contribution in [3.8, 4) is 0 Å². The van der Waals surface area contributed by atoms with Gasteiger partial charge < -0.3 is 19.9 Å². The van der Waals surface area contributed by atoms with E-state index in [4.69, 9.17) is 9.72 Å². The van der Waals surface area contributed by atoms with Gasteiger partial charge in [-0.25, -0.2) is 9.97 Å². The summed E-state index contributed by atoms with van der Waals surface area (Å²) < 4.78 is 5.42. The van der Waals surface area contributed by atoms with Crippen molar-refractivity contribution in [2.75, 3.05) is 49.2 Å². The molecule has 7 heteroatoms. The van der Waals surface area contributed by atoms with Gasteiger partial charge in [0.2, 0.25) is 0 Å². The van der Waals surface area contributed by atoms with Crippen LogP contribution in [0, 0.1) is 6.92 Å². The minimum absolute atomic E-state index is 0.0206. The summed E-state index contributed by atoms with van der Waals surface area (Å²) in [7, 11) is 0. The van der Waals surface area contributed by atoms with Crippen molar-refractivity contribution in [1.82, 2.24) is 15.3 Å². The molecule has 0 unspecified atom stereocenters. The van der Waals surface area contributed by atoms with Crippen LogP contribution >= 0.6 is 0 Å². The molecule has 2 fully saturated rings. The number of fused-ring (bicyclic) bond motifs is 1. The van der Waals surface area contributed by atoms with Crippen LogP contribution < -0.4 is 15.1 Å². The van der Waals surface area contributed by atoms with Gasteiger partial charge in [0.1, 0.15) is 11.6 Å². The number of ether oxygens (including phenoxy) is 1. The Balaban J connectivity index is 1.18. The summed E-state index contributed by atoms with van der Waals surface area (Å²) in [5.74, 6) is 2.03. The third kappa shape index (κ3) is 4.58. The molecule has 170 valence electrons. The molecule has 32 heavy (non-hydrogen) atoms. The maximum Gasteiger partial charge on any atom is 0.251 e. The lowest BCUT2D eigenvalue weighted by Gasteiger charge is -2.35. The first-order valence-electron chi connectivity index (χ1n) is 12.0. The largest absolute Gasteiger partial charge is 0.378 e. The number of rotatable bonds is 4. The highest BCUT2D eigenvalue weighted by Crippen LogP contribution is 2.29. The first-order chi connectivity index (χ1) is 15.7. The molecule has 2 saturated heterocycles. The molecule has 1 amide bonds. The molecule has 0 radical (unpaired) electrons. The SMILES string of the molecule is Cc1nc2c(c(N3CCC(NC(=O)c4ccc(N5CCOCC5)cc4)CC3)n1)CCCC2. The van der Waals surface area contributed by atoms with Crippen LogP contribution in [0.1, 0.15) is 53.1 Å². The van der Waals surface area contributed by atoms with E-state index in [9.17, 15) is 4.79 Å². The summed E-state index contributed by atoms with van der Waals surface area (Å²) in [5, 5.41) is 3.25. The van der Waals surface area contributed by atoms with E-state index in [-0.39, 0.29) is 11.9 Å². The molecular formula is C25H33N5O2. The highest BCUT2D eigenvalue weighted by molar-refractivity contribution is 5.94. The standard InChI is InChI=1S/C25H33N5O2/c1-18-26-23-5-3-2-4-22(23)24(27-18)30-12-10-20(11-13-30)28-25(31)19-6-8-21(9-7-19)29-14-16-32-17-15-29/h6-9,20H,2-5,10-17H2,1H3,(H,28,31). The number of nitrogens with one attached hydrogen (secondary N) is 1. The van der Waals surface area contributed by atoms with Crippen LogP contribution in [-0.2, 0) is 17.6 Å². The van der Waals surface area contributed by atoms with Gasteiger partial charge in [0.25, 0.3) is 5.91 Å². The first kappa shape index (κ1) is 21.2. The van der Waals surface area contributed by atoms with E-state index in [1.807, 2.05) is 31.2 Å². The molecule has 3 aliphatic rings. The number of nitrogens with zero attached hydrogens (tertiary/aromatic N) is 4. The second kappa shape index (κ2) is 9.45. The molecule has 1 N–H and O–H groups in total. The van der Waals surface area contributed by atoms with Crippen LogP contribution in [0.2, 0.25) is 0 Å². The molecule has 5 rings (SSSR count). The van der Waals surface area contributed by atoms with Crippen molar-refractivity contribution in [2.45, 2.75) is 51.5 Å². The second-order valence-corrected chi connectivity index (χ2v) is 9.11. The van der Waals surface area contributed by atoms with Gasteiger partial charge in [0.15, 0.2) is 0 Å². The zero-order valence-electron chi connectivity index (χ0n) is 19.0. The van der Waals surface area contributed by atoms with E-state index in [0.717, 1.165) is 88.0 Å². The summed E-state index contributed by atoms with van der Waals surface area (Å²) in [5.41, 5.74) is 4.48. The number of hydrogen-bond acceptors (Lipinski definition) is 6. The number of hydrogen-bond donors (Lipinski definition) is 1. The van der Waals surface area contributed by atoms with Crippen LogP contribution in [0.5, 0.6) is 0 Å². The number of amides is 1. The molecule has 1 aliphatic carbocycles. The Morgan fingerprint density at radius 3 is 2.44 bits per heavy atom. The molecule has 0 atom stereocenters. The smallest absolute Gasteiger partial charge is 0.251 e. The summed E-state index contributed by atoms with van der Waals surface area (Å²) >= 11 is 0. The lowest BCUT2D eigenvalue weighted by Crippen LogP contribution is -2.45. The number of benzene rings is 1. The molecule has 0 saturated carbocycles. The van der Waals surface area contributed by atoms with Gasteiger partial charge in [0.05, 0.1) is 13.2 Å². The topological polar surface area (TPSA) is 70.6 Å². The molecule has 0 bridgehead atoms. The van der Waals surface area contributed by atoms with E-state index in [1.165, 1.54) is 24.1 Å². The predicted molar refractivity (Wildman–Crippen MR) is 126 cm³/mol. The molecule has 7 nitrogen and oxygen atoms in total. The molecule has 1 aromatic carbocycles. The minimum atomic E-state index is 0.0206. The number of carbonyl (C=O) groups excluding carboxylic acids is 1. The summed E-state index contributed by atoms with van der Waals surface area (Å²) in [4.78, 5) is 27.0. The van der Waals surface area contributed by atoms with E-state index >= 15 is 0 Å². The summed E-state index contributed by atoms with van der Waals surface area (Å²) in [6.45, 7) is 7.17.